The van der Waals surface area contributed by atoms with E-state index in [1.54, 1.807) is 0 Å². The second-order valence-corrected chi connectivity index (χ2v) is 4.61. The maximum atomic E-state index is 12.9. The first-order chi connectivity index (χ1) is 8.02. The molecule has 0 bridgehead atoms. The van der Waals surface area contributed by atoms with E-state index in [0.29, 0.717) is 12.5 Å². The molecule has 2 nitrogen and oxygen atoms in total. The van der Waals surface area contributed by atoms with Gasteiger partial charge in [0.05, 0.1) is 0 Å². The van der Waals surface area contributed by atoms with Crippen molar-refractivity contribution >= 4 is 11.6 Å². The standard InChI is InChI=1S/C14H16FNO/c1-9(2)11-5-4-6-13-12(11)7-8-16(13)14(17)10(3)15/h4-6,9H,3,7-8H2,1-2H3. The summed E-state index contributed by atoms with van der Waals surface area (Å²) in [4.78, 5) is 13.1. The molecule has 0 radical (unpaired) electrons. The molecule has 0 N–H and O–H groups in total. The van der Waals surface area contributed by atoms with Crippen LogP contribution in [-0.2, 0) is 11.2 Å². The number of hydrogen-bond acceptors (Lipinski definition) is 1. The molecular weight excluding hydrogens is 217 g/mol. The summed E-state index contributed by atoms with van der Waals surface area (Å²) in [6.45, 7) is 7.85. The SMILES string of the molecule is C=C(F)C(=O)N1CCc2c(C(C)C)cccc21. The Morgan fingerprint density at radius 3 is 2.76 bits per heavy atom. The van der Waals surface area contributed by atoms with Crippen LogP contribution in [0.2, 0.25) is 0 Å². The van der Waals surface area contributed by atoms with Gasteiger partial charge in [-0.05, 0) is 29.5 Å². The highest BCUT2D eigenvalue weighted by Crippen LogP contribution is 2.34. The lowest BCUT2D eigenvalue weighted by atomic mass is 9.96. The van der Waals surface area contributed by atoms with E-state index in [9.17, 15) is 9.18 Å². The number of hydrogen-bond donors (Lipinski definition) is 0. The number of nitrogens with zero attached hydrogens (tertiary/aromatic N) is 1. The number of carbonyl (C=O) groups excluding carboxylic acids is 1. The number of carbonyl (C=O) groups is 1. The first kappa shape index (κ1) is 11.8. The number of rotatable bonds is 2. The van der Waals surface area contributed by atoms with Crippen molar-refractivity contribution in [3.63, 3.8) is 0 Å². The number of fused-ring (bicyclic) bond motifs is 1. The third-order valence-corrected chi connectivity index (χ3v) is 3.16. The Labute approximate surface area is 101 Å². The molecule has 3 heteroatoms. The Hall–Kier alpha value is -1.64. The quantitative estimate of drug-likeness (QED) is 0.718. The zero-order valence-electron chi connectivity index (χ0n) is 10.2. The van der Waals surface area contributed by atoms with E-state index in [2.05, 4.69) is 26.5 Å². The molecule has 17 heavy (non-hydrogen) atoms. The van der Waals surface area contributed by atoms with E-state index in [0.717, 1.165) is 17.7 Å². The summed E-state index contributed by atoms with van der Waals surface area (Å²) in [7, 11) is 0. The second kappa shape index (κ2) is 4.32. The van der Waals surface area contributed by atoms with E-state index < -0.39 is 11.7 Å². The molecule has 1 aromatic carbocycles. The number of amides is 1. The minimum atomic E-state index is -0.896. The van der Waals surface area contributed by atoms with Crippen LogP contribution in [0.1, 0.15) is 30.9 Å². The maximum absolute atomic E-state index is 12.9. The third-order valence-electron chi connectivity index (χ3n) is 3.16. The van der Waals surface area contributed by atoms with Crippen LogP contribution in [0.3, 0.4) is 0 Å². The van der Waals surface area contributed by atoms with Crippen molar-refractivity contribution in [2.75, 3.05) is 11.4 Å². The largest absolute Gasteiger partial charge is 0.306 e. The van der Waals surface area contributed by atoms with Crippen LogP contribution in [0.4, 0.5) is 10.1 Å². The molecule has 0 spiro atoms. The van der Waals surface area contributed by atoms with Crippen LogP contribution < -0.4 is 4.90 Å². The zero-order chi connectivity index (χ0) is 12.6. The number of benzene rings is 1. The molecule has 1 aliphatic rings. The van der Waals surface area contributed by atoms with Gasteiger partial charge in [0.15, 0.2) is 5.83 Å². The smallest absolute Gasteiger partial charge is 0.286 e. The van der Waals surface area contributed by atoms with Crippen LogP contribution in [0, 0.1) is 0 Å². The molecule has 0 unspecified atom stereocenters. The lowest BCUT2D eigenvalue weighted by Crippen LogP contribution is -2.28. The van der Waals surface area contributed by atoms with Gasteiger partial charge in [-0.1, -0.05) is 32.6 Å². The van der Waals surface area contributed by atoms with Gasteiger partial charge in [0.25, 0.3) is 5.91 Å². The average Bonchev–Trinajstić information content (AvgIpc) is 2.70. The van der Waals surface area contributed by atoms with Gasteiger partial charge >= 0.3 is 0 Å². The van der Waals surface area contributed by atoms with Crippen molar-refractivity contribution in [3.05, 3.63) is 41.7 Å². The Balaban J connectivity index is 2.43. The Bertz CT molecular complexity index is 479. The van der Waals surface area contributed by atoms with E-state index >= 15 is 0 Å². The molecule has 0 fully saturated rings. The van der Waals surface area contributed by atoms with Gasteiger partial charge in [-0.15, -0.1) is 0 Å². The summed E-state index contributed by atoms with van der Waals surface area (Å²) in [5.74, 6) is -1.11. The monoisotopic (exact) mass is 233 g/mol. The summed E-state index contributed by atoms with van der Waals surface area (Å²) < 4.78 is 12.9. The van der Waals surface area contributed by atoms with Gasteiger partial charge in [-0.3, -0.25) is 4.79 Å². The molecule has 1 aliphatic heterocycles. The summed E-state index contributed by atoms with van der Waals surface area (Å²) in [6, 6.07) is 5.86. The Morgan fingerprint density at radius 1 is 1.47 bits per heavy atom. The van der Waals surface area contributed by atoms with Crippen LogP contribution in [0.5, 0.6) is 0 Å². The van der Waals surface area contributed by atoms with Crippen molar-refractivity contribution in [2.45, 2.75) is 26.2 Å². The average molecular weight is 233 g/mol. The van der Waals surface area contributed by atoms with E-state index in [4.69, 9.17) is 0 Å². The van der Waals surface area contributed by atoms with Crippen LogP contribution in [0.15, 0.2) is 30.6 Å². The van der Waals surface area contributed by atoms with Gasteiger partial charge in [-0.25, -0.2) is 4.39 Å². The second-order valence-electron chi connectivity index (χ2n) is 4.61. The molecule has 0 saturated heterocycles. The molecule has 0 aliphatic carbocycles. The molecule has 1 heterocycles. The first-order valence-corrected chi connectivity index (χ1v) is 5.80. The molecule has 0 aromatic heterocycles. The van der Waals surface area contributed by atoms with E-state index in [-0.39, 0.29) is 0 Å². The Kier molecular flexibility index (Phi) is 3.01. The number of halogens is 1. The van der Waals surface area contributed by atoms with Gasteiger partial charge in [0, 0.05) is 12.2 Å². The lowest BCUT2D eigenvalue weighted by molar-refractivity contribution is -0.116. The fourth-order valence-electron chi connectivity index (χ4n) is 2.36. The minimum absolute atomic E-state index is 0.411. The van der Waals surface area contributed by atoms with Crippen LogP contribution >= 0.6 is 0 Å². The van der Waals surface area contributed by atoms with Gasteiger partial charge < -0.3 is 4.90 Å². The lowest BCUT2D eigenvalue weighted by Gasteiger charge is -2.17. The maximum Gasteiger partial charge on any atom is 0.286 e. The van der Waals surface area contributed by atoms with Crippen molar-refractivity contribution in [1.82, 2.24) is 0 Å². The van der Waals surface area contributed by atoms with Crippen molar-refractivity contribution in [3.8, 4) is 0 Å². The van der Waals surface area contributed by atoms with Gasteiger partial charge in [0.2, 0.25) is 0 Å². The van der Waals surface area contributed by atoms with Crippen molar-refractivity contribution in [2.24, 2.45) is 0 Å². The zero-order valence-corrected chi connectivity index (χ0v) is 10.2. The fraction of sp³-hybridized carbons (Fsp3) is 0.357. The summed E-state index contributed by atoms with van der Waals surface area (Å²) >= 11 is 0. The Morgan fingerprint density at radius 2 is 2.18 bits per heavy atom. The molecule has 90 valence electrons. The predicted octanol–water partition coefficient (Wildman–Crippen LogP) is 3.18. The minimum Gasteiger partial charge on any atom is -0.306 e. The number of anilines is 1. The summed E-state index contributed by atoms with van der Waals surface area (Å²) in [5.41, 5.74) is 3.24. The highest BCUT2D eigenvalue weighted by Gasteiger charge is 2.28. The van der Waals surface area contributed by atoms with Gasteiger partial charge in [0.1, 0.15) is 0 Å². The molecule has 1 aromatic rings. The molecule has 2 rings (SSSR count). The van der Waals surface area contributed by atoms with E-state index in [1.807, 2.05) is 12.1 Å². The van der Waals surface area contributed by atoms with Crippen LogP contribution in [0.25, 0.3) is 0 Å². The summed E-state index contributed by atoms with van der Waals surface area (Å²) in [6.07, 6.45) is 0.794. The predicted molar refractivity (Wildman–Crippen MR) is 66.8 cm³/mol. The topological polar surface area (TPSA) is 20.3 Å². The van der Waals surface area contributed by atoms with Crippen molar-refractivity contribution in [1.29, 1.82) is 0 Å². The fourth-order valence-corrected chi connectivity index (χ4v) is 2.36. The molecular formula is C14H16FNO. The molecule has 0 saturated carbocycles. The molecule has 1 amide bonds. The third kappa shape index (κ3) is 1.97. The highest BCUT2D eigenvalue weighted by molar-refractivity contribution is 6.05. The van der Waals surface area contributed by atoms with Crippen molar-refractivity contribution < 1.29 is 9.18 Å². The van der Waals surface area contributed by atoms with E-state index in [1.165, 1.54) is 10.5 Å². The first-order valence-electron chi connectivity index (χ1n) is 5.80. The normalized spacial score (nSPS) is 14.0. The highest BCUT2D eigenvalue weighted by atomic mass is 19.1. The van der Waals surface area contributed by atoms with Crippen LogP contribution in [-0.4, -0.2) is 12.5 Å². The molecule has 0 atom stereocenters. The van der Waals surface area contributed by atoms with Gasteiger partial charge in [-0.2, -0.15) is 0 Å². The summed E-state index contributed by atoms with van der Waals surface area (Å²) in [5, 5.41) is 0.